The summed E-state index contributed by atoms with van der Waals surface area (Å²) in [6.45, 7) is 3.98. The van der Waals surface area contributed by atoms with Crippen LogP contribution in [0.1, 0.15) is 31.0 Å². The lowest BCUT2D eigenvalue weighted by Gasteiger charge is -2.55. The van der Waals surface area contributed by atoms with Crippen LogP contribution in [-0.2, 0) is 16.0 Å². The highest BCUT2D eigenvalue weighted by Crippen LogP contribution is 2.52. The molecule has 1 fully saturated rings. The molecule has 6 nitrogen and oxygen atoms in total. The van der Waals surface area contributed by atoms with Gasteiger partial charge in [-0.1, -0.05) is 31.2 Å². The summed E-state index contributed by atoms with van der Waals surface area (Å²) >= 11 is 5.71. The van der Waals surface area contributed by atoms with E-state index in [1.165, 1.54) is 12.7 Å². The number of benzene rings is 2. The van der Waals surface area contributed by atoms with E-state index in [-0.39, 0.29) is 12.0 Å². The highest BCUT2D eigenvalue weighted by molar-refractivity contribution is 7.80. The molecule has 2 aromatic rings. The number of carbonyl (C=O) groups excluding carboxylic acids is 1. The lowest BCUT2D eigenvalue weighted by molar-refractivity contribution is -0.157. The zero-order valence-corrected chi connectivity index (χ0v) is 17.7. The number of para-hydroxylation sites is 1. The second kappa shape index (κ2) is 7.22. The van der Waals surface area contributed by atoms with Gasteiger partial charge in [-0.25, -0.2) is 0 Å². The Morgan fingerprint density at radius 1 is 1.24 bits per heavy atom. The molecule has 0 aromatic heterocycles. The topological polar surface area (TPSA) is 60.0 Å². The molecule has 7 heteroatoms. The van der Waals surface area contributed by atoms with Crippen molar-refractivity contribution in [1.29, 1.82) is 0 Å². The second-order valence-corrected chi connectivity index (χ2v) is 7.71. The number of carbonyl (C=O) groups is 1. The summed E-state index contributed by atoms with van der Waals surface area (Å²) in [6.07, 6.45) is 0.939. The second-order valence-electron chi connectivity index (χ2n) is 7.32. The third kappa shape index (κ3) is 2.92. The first-order valence-corrected chi connectivity index (χ1v) is 9.98. The standard InChI is InChI=1S/C22H24N2O4S/c1-5-13-9-11-14(12-10-13)24-21(29)23-18-15-7-6-8-16(26-3)19(15)28-22(24,2)17(18)20(25)27-4/h6-12,17-18H,5H2,1-4H3,(H,23,29)/t17-,18-,22-/m0/s1. The predicted octanol–water partition coefficient (Wildman–Crippen LogP) is 3.59. The van der Waals surface area contributed by atoms with Crippen LogP contribution < -0.4 is 19.7 Å². The van der Waals surface area contributed by atoms with Crippen LogP contribution in [0.2, 0.25) is 0 Å². The third-order valence-corrected chi connectivity index (χ3v) is 6.07. The van der Waals surface area contributed by atoms with Gasteiger partial charge in [0, 0.05) is 11.3 Å². The zero-order valence-electron chi connectivity index (χ0n) is 16.9. The van der Waals surface area contributed by atoms with Crippen molar-refractivity contribution < 1.29 is 19.0 Å². The van der Waals surface area contributed by atoms with E-state index in [2.05, 4.69) is 24.4 Å². The van der Waals surface area contributed by atoms with Crippen LogP contribution in [0.3, 0.4) is 0 Å². The molecule has 4 rings (SSSR count). The van der Waals surface area contributed by atoms with Crippen LogP contribution in [0.4, 0.5) is 5.69 Å². The fourth-order valence-corrected chi connectivity index (χ4v) is 4.70. The van der Waals surface area contributed by atoms with E-state index < -0.39 is 11.6 Å². The van der Waals surface area contributed by atoms with Gasteiger partial charge in [0.2, 0.25) is 5.72 Å². The summed E-state index contributed by atoms with van der Waals surface area (Å²) in [5.41, 5.74) is 1.79. The Morgan fingerprint density at radius 3 is 2.59 bits per heavy atom. The van der Waals surface area contributed by atoms with E-state index in [0.717, 1.165) is 17.7 Å². The van der Waals surface area contributed by atoms with E-state index in [0.29, 0.717) is 16.6 Å². The van der Waals surface area contributed by atoms with E-state index in [1.54, 1.807) is 7.11 Å². The summed E-state index contributed by atoms with van der Waals surface area (Å²) in [7, 11) is 2.99. The van der Waals surface area contributed by atoms with Crippen LogP contribution in [-0.4, -0.2) is 31.0 Å². The molecule has 0 saturated carbocycles. The van der Waals surface area contributed by atoms with Crippen molar-refractivity contribution in [3.63, 3.8) is 0 Å². The number of methoxy groups -OCH3 is 2. The van der Waals surface area contributed by atoms with Crippen molar-refractivity contribution in [3.8, 4) is 11.5 Å². The fraction of sp³-hybridized carbons (Fsp3) is 0.364. The molecule has 0 unspecified atom stereocenters. The zero-order chi connectivity index (χ0) is 20.8. The number of aryl methyl sites for hydroxylation is 1. The average molecular weight is 413 g/mol. The molecule has 29 heavy (non-hydrogen) atoms. The summed E-state index contributed by atoms with van der Waals surface area (Å²) < 4.78 is 17.2. The van der Waals surface area contributed by atoms with Gasteiger partial charge in [-0.2, -0.15) is 0 Å². The van der Waals surface area contributed by atoms with Crippen LogP contribution in [0.15, 0.2) is 42.5 Å². The first-order valence-electron chi connectivity index (χ1n) is 9.58. The van der Waals surface area contributed by atoms with Crippen molar-refractivity contribution in [3.05, 3.63) is 53.6 Å². The molecule has 0 aliphatic carbocycles. The number of nitrogens with one attached hydrogen (secondary N) is 1. The number of hydrogen-bond acceptors (Lipinski definition) is 5. The van der Waals surface area contributed by atoms with Gasteiger partial charge in [0.05, 0.1) is 20.3 Å². The molecule has 3 atom stereocenters. The molecule has 2 heterocycles. The minimum Gasteiger partial charge on any atom is -0.493 e. The lowest BCUT2D eigenvalue weighted by Crippen LogP contribution is -2.71. The molecular weight excluding hydrogens is 388 g/mol. The van der Waals surface area contributed by atoms with Gasteiger partial charge in [0.25, 0.3) is 0 Å². The first kappa shape index (κ1) is 19.5. The molecule has 1 N–H and O–H groups in total. The quantitative estimate of drug-likeness (QED) is 0.608. The summed E-state index contributed by atoms with van der Waals surface area (Å²) in [5.74, 6) is 0.214. The van der Waals surface area contributed by atoms with Crippen molar-refractivity contribution >= 4 is 29.0 Å². The maximum atomic E-state index is 12.9. The smallest absolute Gasteiger partial charge is 0.317 e. The van der Waals surface area contributed by atoms with E-state index in [1.807, 2.05) is 42.2 Å². The van der Waals surface area contributed by atoms with Crippen LogP contribution in [0.5, 0.6) is 11.5 Å². The first-order chi connectivity index (χ1) is 13.9. The van der Waals surface area contributed by atoms with Crippen LogP contribution >= 0.6 is 12.2 Å². The maximum Gasteiger partial charge on any atom is 0.317 e. The van der Waals surface area contributed by atoms with Crippen molar-refractivity contribution in [2.24, 2.45) is 5.92 Å². The number of thiocarbonyl (C=S) groups is 1. The number of ether oxygens (including phenoxy) is 3. The van der Waals surface area contributed by atoms with Gasteiger partial charge in [0.15, 0.2) is 16.6 Å². The number of rotatable bonds is 4. The Labute approximate surface area is 175 Å². The van der Waals surface area contributed by atoms with Crippen molar-refractivity contribution in [1.82, 2.24) is 5.32 Å². The minimum absolute atomic E-state index is 0.365. The van der Waals surface area contributed by atoms with Crippen LogP contribution in [0.25, 0.3) is 0 Å². The van der Waals surface area contributed by atoms with E-state index >= 15 is 0 Å². The van der Waals surface area contributed by atoms with Gasteiger partial charge in [-0.15, -0.1) is 0 Å². The number of nitrogens with zero attached hydrogens (tertiary/aromatic N) is 1. The summed E-state index contributed by atoms with van der Waals surface area (Å²) in [6, 6.07) is 13.3. The SMILES string of the molecule is CCc1ccc(N2C(=S)N[C@H]3c4cccc(OC)c4O[C@@]2(C)[C@@H]3C(=O)OC)cc1. The normalized spacial score (nSPS) is 24.8. The van der Waals surface area contributed by atoms with Gasteiger partial charge in [0.1, 0.15) is 5.92 Å². The summed E-state index contributed by atoms with van der Waals surface area (Å²) in [5, 5.41) is 3.84. The monoisotopic (exact) mass is 412 g/mol. The molecule has 2 aliphatic rings. The highest BCUT2D eigenvalue weighted by atomic mass is 32.1. The number of esters is 1. The van der Waals surface area contributed by atoms with E-state index in [4.69, 9.17) is 26.4 Å². The van der Waals surface area contributed by atoms with Gasteiger partial charge in [-0.05, 0) is 49.3 Å². The Balaban J connectivity index is 1.90. The molecule has 0 amide bonds. The molecule has 1 saturated heterocycles. The average Bonchev–Trinajstić information content (AvgIpc) is 2.72. The lowest BCUT2D eigenvalue weighted by atomic mass is 9.79. The summed E-state index contributed by atoms with van der Waals surface area (Å²) in [4.78, 5) is 14.7. The van der Waals surface area contributed by atoms with Crippen molar-refractivity contribution in [2.45, 2.75) is 32.0 Å². The molecule has 152 valence electrons. The van der Waals surface area contributed by atoms with Crippen molar-refractivity contribution in [2.75, 3.05) is 19.1 Å². The molecule has 0 spiro atoms. The molecule has 0 radical (unpaired) electrons. The number of anilines is 1. The molecule has 2 aromatic carbocycles. The molecule has 2 aliphatic heterocycles. The Hall–Kier alpha value is -2.80. The largest absolute Gasteiger partial charge is 0.493 e. The number of fused-ring (bicyclic) bond motifs is 4. The molecular formula is C22H24N2O4S. The number of hydrogen-bond donors (Lipinski definition) is 1. The Kier molecular flexibility index (Phi) is 4.86. The van der Waals surface area contributed by atoms with Gasteiger partial charge >= 0.3 is 5.97 Å². The van der Waals surface area contributed by atoms with E-state index in [9.17, 15) is 4.79 Å². The van der Waals surface area contributed by atoms with Gasteiger partial charge in [-0.3, -0.25) is 9.69 Å². The van der Waals surface area contributed by atoms with Gasteiger partial charge < -0.3 is 19.5 Å². The Morgan fingerprint density at radius 2 is 1.97 bits per heavy atom. The highest BCUT2D eigenvalue weighted by Gasteiger charge is 2.60. The third-order valence-electron chi connectivity index (χ3n) is 5.77. The predicted molar refractivity (Wildman–Crippen MR) is 114 cm³/mol. The molecule has 2 bridgehead atoms. The minimum atomic E-state index is -1.09. The Bertz CT molecular complexity index is 962. The maximum absolute atomic E-state index is 12.9. The van der Waals surface area contributed by atoms with Crippen LogP contribution in [0, 0.1) is 5.92 Å². The fourth-order valence-electron chi connectivity index (χ4n) is 4.29.